The number of hydrogen-bond acceptors (Lipinski definition) is 9. The third kappa shape index (κ3) is 8.61. The van der Waals surface area contributed by atoms with Crippen molar-refractivity contribution in [2.24, 2.45) is 5.92 Å². The van der Waals surface area contributed by atoms with Crippen molar-refractivity contribution in [2.75, 3.05) is 26.2 Å². The molecule has 44 heavy (non-hydrogen) atoms. The fraction of sp³-hybridized carbons (Fsp3) is 0.963. The van der Waals surface area contributed by atoms with Crippen LogP contribution in [-0.4, -0.2) is 106 Å². The van der Waals surface area contributed by atoms with Gasteiger partial charge in [0.25, 0.3) is 0 Å². The van der Waals surface area contributed by atoms with Gasteiger partial charge in [-0.2, -0.15) is 13.2 Å². The number of hydrogen-bond donors (Lipinski definition) is 5. The molecule has 0 spiro atoms. The number of nitrogens with one attached hydrogen (secondary N) is 5. The molecule has 3 saturated heterocycles. The minimum atomic E-state index is -4.51. The first-order chi connectivity index (χ1) is 20.8. The number of piperidine rings is 1. The van der Waals surface area contributed by atoms with Crippen molar-refractivity contribution < 1.29 is 35.9 Å². The van der Waals surface area contributed by atoms with Crippen LogP contribution in [0.3, 0.4) is 0 Å². The monoisotopic (exact) mass is 675 g/mol. The van der Waals surface area contributed by atoms with E-state index in [4.69, 9.17) is 16.3 Å². The summed E-state index contributed by atoms with van der Waals surface area (Å²) in [6, 6.07) is -0.0903. The van der Waals surface area contributed by atoms with Gasteiger partial charge in [-0.1, -0.05) is 11.1 Å². The smallest absolute Gasteiger partial charge is 0.411 e. The van der Waals surface area contributed by atoms with E-state index < -0.39 is 58.9 Å². The average Bonchev–Trinajstić information content (AvgIpc) is 3.41. The van der Waals surface area contributed by atoms with E-state index in [1.165, 1.54) is 0 Å². The van der Waals surface area contributed by atoms with Gasteiger partial charge in [0.2, 0.25) is 5.91 Å². The minimum absolute atomic E-state index is 0.0955. The summed E-state index contributed by atoms with van der Waals surface area (Å²) in [6.45, 7) is 1.80. The lowest BCUT2D eigenvalue weighted by Crippen LogP contribution is -2.76. The minimum Gasteiger partial charge on any atom is -0.597 e. The van der Waals surface area contributed by atoms with Crippen molar-refractivity contribution in [3.05, 3.63) is 0 Å². The molecule has 5 aliphatic rings. The van der Waals surface area contributed by atoms with E-state index in [1.54, 1.807) is 4.31 Å². The maximum absolute atomic E-state index is 13.8. The fourth-order valence-corrected chi connectivity index (χ4v) is 9.86. The van der Waals surface area contributed by atoms with Crippen LogP contribution in [0.1, 0.15) is 71.1 Å². The van der Waals surface area contributed by atoms with Gasteiger partial charge < -0.3 is 14.2 Å². The molecule has 254 valence electrons. The Morgan fingerprint density at radius 3 is 2.30 bits per heavy atom. The summed E-state index contributed by atoms with van der Waals surface area (Å²) in [5, 5.41) is 14.6. The first-order valence-electron chi connectivity index (χ1n) is 15.9. The predicted molar refractivity (Wildman–Crippen MR) is 156 cm³/mol. The van der Waals surface area contributed by atoms with Crippen LogP contribution in [0.25, 0.3) is 0 Å². The van der Waals surface area contributed by atoms with E-state index in [2.05, 4.69) is 26.6 Å². The van der Waals surface area contributed by atoms with E-state index in [0.29, 0.717) is 77.4 Å². The molecule has 17 heteroatoms. The zero-order valence-electron chi connectivity index (χ0n) is 25.0. The highest BCUT2D eigenvalue weighted by Gasteiger charge is 2.48. The van der Waals surface area contributed by atoms with Crippen LogP contribution in [0.15, 0.2) is 0 Å². The first-order valence-corrected chi connectivity index (χ1v) is 17.8. The Balaban J connectivity index is 1.12. The number of carbonyl (C=O) groups excluding carboxylic acids is 1. The van der Waals surface area contributed by atoms with Crippen LogP contribution >= 0.6 is 11.6 Å². The molecule has 2 aliphatic carbocycles. The summed E-state index contributed by atoms with van der Waals surface area (Å²) < 4.78 is 86.3. The number of fused-ring (bicyclic) bond motifs is 1. The zero-order chi connectivity index (χ0) is 31.6. The van der Waals surface area contributed by atoms with Gasteiger partial charge in [-0.05, 0) is 57.3 Å². The van der Waals surface area contributed by atoms with Crippen molar-refractivity contribution in [2.45, 2.75) is 131 Å². The highest BCUT2D eigenvalue weighted by Crippen LogP contribution is 2.41. The number of rotatable bonds is 9. The fourth-order valence-electron chi connectivity index (χ4n) is 7.45. The lowest BCUT2D eigenvalue weighted by atomic mass is 9.85. The number of nitrogens with zero attached hydrogens (tertiary/aromatic N) is 2. The molecule has 5 N–H and O–H groups in total. The Morgan fingerprint density at radius 1 is 0.977 bits per heavy atom. The van der Waals surface area contributed by atoms with Crippen LogP contribution in [-0.2, 0) is 24.1 Å². The van der Waals surface area contributed by atoms with Gasteiger partial charge in [0.15, 0.2) is 6.35 Å². The molecule has 1 amide bonds. The SMILES string of the molecule is CCC(=O)N1CCC2CC([S+](=O)([O-])N3CCC(NC4NC(NC5CCC(F)C(Cl)C5)NC(OCC(F)(F)F)N4)CC3)CCC21. The average molecular weight is 676 g/mol. The second-order valence-corrected chi connectivity index (χ2v) is 15.5. The molecule has 0 radical (unpaired) electrons. The van der Waals surface area contributed by atoms with Gasteiger partial charge in [0.1, 0.15) is 41.0 Å². The number of alkyl halides is 5. The van der Waals surface area contributed by atoms with E-state index >= 15 is 0 Å². The molecule has 0 aromatic rings. The number of ether oxygens (including phenoxy) is 1. The molecule has 0 bridgehead atoms. The third-order valence-electron chi connectivity index (χ3n) is 9.77. The number of likely N-dealkylation sites (tertiary alicyclic amines) is 1. The van der Waals surface area contributed by atoms with Crippen LogP contribution in [0.4, 0.5) is 17.6 Å². The summed E-state index contributed by atoms with van der Waals surface area (Å²) in [6.07, 6.45) is -2.60. The lowest BCUT2D eigenvalue weighted by Gasteiger charge is -2.44. The summed E-state index contributed by atoms with van der Waals surface area (Å²) in [5.41, 5.74) is 0. The number of amides is 1. The highest BCUT2D eigenvalue weighted by atomic mass is 35.5. The van der Waals surface area contributed by atoms with E-state index in [0.717, 1.165) is 6.42 Å². The first kappa shape index (κ1) is 34.6. The van der Waals surface area contributed by atoms with Crippen molar-refractivity contribution >= 4 is 27.9 Å². The Hall–Kier alpha value is -0.690. The number of halogens is 5. The van der Waals surface area contributed by atoms with E-state index in [1.807, 2.05) is 11.8 Å². The van der Waals surface area contributed by atoms with Crippen LogP contribution in [0, 0.1) is 5.92 Å². The van der Waals surface area contributed by atoms with E-state index in [-0.39, 0.29) is 30.0 Å². The molecule has 11 nitrogen and oxygen atoms in total. The molecule has 2 saturated carbocycles. The van der Waals surface area contributed by atoms with Crippen LogP contribution in [0.2, 0.25) is 0 Å². The maximum atomic E-state index is 13.8. The van der Waals surface area contributed by atoms with Crippen molar-refractivity contribution in [3.8, 4) is 0 Å². The Morgan fingerprint density at radius 2 is 1.66 bits per heavy atom. The molecule has 0 aromatic carbocycles. The highest BCUT2D eigenvalue weighted by molar-refractivity contribution is 7.96. The van der Waals surface area contributed by atoms with Crippen molar-refractivity contribution in [1.29, 1.82) is 0 Å². The Labute approximate surface area is 262 Å². The molecule has 5 fully saturated rings. The van der Waals surface area contributed by atoms with Crippen LogP contribution in [0.5, 0.6) is 0 Å². The quantitative estimate of drug-likeness (QED) is 0.142. The van der Waals surface area contributed by atoms with E-state index in [9.17, 15) is 31.1 Å². The normalized spacial score (nSPS) is 39.2. The van der Waals surface area contributed by atoms with Gasteiger partial charge in [-0.3, -0.25) is 31.4 Å². The molecule has 0 aromatic heterocycles. The molecule has 3 heterocycles. The second kappa shape index (κ2) is 14.6. The molecule has 10 unspecified atom stereocenters. The summed E-state index contributed by atoms with van der Waals surface area (Å²) in [5.74, 6) is 0.353. The second-order valence-electron chi connectivity index (χ2n) is 12.8. The lowest BCUT2D eigenvalue weighted by molar-refractivity contribution is -0.199. The Bertz CT molecular complexity index is 1030. The maximum Gasteiger partial charge on any atom is 0.411 e. The van der Waals surface area contributed by atoms with Gasteiger partial charge in [-0.25, -0.2) is 4.39 Å². The molecular weight excluding hydrogens is 630 g/mol. The molecular formula is C27H46ClF4N7O4S. The van der Waals surface area contributed by atoms with Gasteiger partial charge in [0.05, 0.1) is 5.38 Å². The van der Waals surface area contributed by atoms with Crippen LogP contribution < -0.4 is 26.6 Å². The molecule has 3 aliphatic heterocycles. The summed E-state index contributed by atoms with van der Waals surface area (Å²) in [4.78, 5) is 14.2. The zero-order valence-corrected chi connectivity index (χ0v) is 26.6. The third-order valence-corrected chi connectivity index (χ3v) is 12.6. The molecule has 10 atom stereocenters. The topological polar surface area (TPSA) is 133 Å². The van der Waals surface area contributed by atoms with Gasteiger partial charge >= 0.3 is 6.18 Å². The predicted octanol–water partition coefficient (Wildman–Crippen LogP) is 2.06. The largest absolute Gasteiger partial charge is 0.597 e. The van der Waals surface area contributed by atoms with Gasteiger partial charge in [0, 0.05) is 50.6 Å². The van der Waals surface area contributed by atoms with Crippen molar-refractivity contribution in [1.82, 2.24) is 35.8 Å². The van der Waals surface area contributed by atoms with Crippen molar-refractivity contribution in [3.63, 3.8) is 0 Å². The van der Waals surface area contributed by atoms with Gasteiger partial charge in [-0.15, -0.1) is 15.9 Å². The summed E-state index contributed by atoms with van der Waals surface area (Å²) in [7, 11) is -3.50. The number of sulfonamides is 1. The summed E-state index contributed by atoms with van der Waals surface area (Å²) >= 11 is 6.11. The Kier molecular flexibility index (Phi) is 11.5. The number of carbonyl (C=O) groups is 1. The standard InChI is InChI=1S/C27H46ClF4N7O4S/c1-2-23(40)39-12-7-16-13-19(4-6-22(16)39)44(41,42)38-10-8-17(9-11-38)33-24-35-25(34-18-3-5-21(29)20(28)14-18)37-26(36-24)43-15-27(30,31)32/h16-22,24-26,33-37H,2-15H2,1H3. The molecule has 5 rings (SSSR count).